The Morgan fingerprint density at radius 2 is 1.16 bits per heavy atom. The first-order valence-corrected chi connectivity index (χ1v) is 7.75. The maximum atomic E-state index is 5.76. The summed E-state index contributed by atoms with van der Waals surface area (Å²) < 4.78 is 0. The Bertz CT molecular complexity index is 322. The average Bonchev–Trinajstić information content (AvgIpc) is 2.39. The molecule has 0 fully saturated rings. The molecule has 108 valence electrons. The van der Waals surface area contributed by atoms with E-state index in [1.54, 1.807) is 0 Å². The molecule has 19 heavy (non-hydrogen) atoms. The van der Waals surface area contributed by atoms with Crippen LogP contribution < -0.4 is 5.73 Å². The molecule has 4 nitrogen and oxygen atoms in total. The maximum Gasteiger partial charge on any atom is 0.223 e. The highest BCUT2D eigenvalue weighted by Gasteiger charge is 2.04. The summed E-state index contributed by atoms with van der Waals surface area (Å²) in [4.78, 5) is 13.0. The average molecular weight is 264 g/mol. The predicted molar refractivity (Wildman–Crippen MR) is 79.9 cm³/mol. The standard InChI is InChI=1S/C15H28N4/c1-3-5-7-9-11-13-17-14(19-15(16)18-13)12-10-8-6-4-2/h3-12H2,1-2H3,(H2,16,17,18,19). The van der Waals surface area contributed by atoms with E-state index < -0.39 is 0 Å². The smallest absolute Gasteiger partial charge is 0.223 e. The van der Waals surface area contributed by atoms with Crippen molar-refractivity contribution in [1.82, 2.24) is 15.0 Å². The number of hydrogen-bond donors (Lipinski definition) is 1. The monoisotopic (exact) mass is 264 g/mol. The van der Waals surface area contributed by atoms with E-state index in [-0.39, 0.29) is 0 Å². The summed E-state index contributed by atoms with van der Waals surface area (Å²) in [6.07, 6.45) is 11.7. The Morgan fingerprint density at radius 1 is 0.684 bits per heavy atom. The van der Waals surface area contributed by atoms with Crippen LogP contribution in [0.3, 0.4) is 0 Å². The van der Waals surface area contributed by atoms with Crippen LogP contribution in [0, 0.1) is 0 Å². The van der Waals surface area contributed by atoms with Gasteiger partial charge in [-0.3, -0.25) is 0 Å². The molecule has 0 spiro atoms. The van der Waals surface area contributed by atoms with Crippen molar-refractivity contribution in [1.29, 1.82) is 0 Å². The lowest BCUT2D eigenvalue weighted by molar-refractivity contribution is 0.631. The maximum absolute atomic E-state index is 5.76. The molecule has 0 unspecified atom stereocenters. The molecule has 0 atom stereocenters. The Balaban J connectivity index is 2.41. The van der Waals surface area contributed by atoms with Crippen LogP contribution in [0.2, 0.25) is 0 Å². The normalized spacial score (nSPS) is 10.8. The molecule has 0 aliphatic rings. The molecule has 0 aliphatic carbocycles. The topological polar surface area (TPSA) is 64.7 Å². The second kappa shape index (κ2) is 9.70. The summed E-state index contributed by atoms with van der Waals surface area (Å²) in [5.41, 5.74) is 5.76. The van der Waals surface area contributed by atoms with Gasteiger partial charge in [0.25, 0.3) is 0 Å². The highest BCUT2D eigenvalue weighted by atomic mass is 15.1. The molecule has 0 bridgehead atoms. The van der Waals surface area contributed by atoms with E-state index in [2.05, 4.69) is 28.8 Å². The fraction of sp³-hybridized carbons (Fsp3) is 0.800. The summed E-state index contributed by atoms with van der Waals surface area (Å²) in [5.74, 6) is 2.12. The van der Waals surface area contributed by atoms with Gasteiger partial charge in [-0.15, -0.1) is 0 Å². The van der Waals surface area contributed by atoms with E-state index in [0.717, 1.165) is 37.3 Å². The van der Waals surface area contributed by atoms with Crippen LogP contribution in [0.15, 0.2) is 0 Å². The first kappa shape index (κ1) is 15.9. The molecule has 4 heteroatoms. The first-order chi connectivity index (χ1) is 9.26. The van der Waals surface area contributed by atoms with Gasteiger partial charge in [0.2, 0.25) is 5.95 Å². The van der Waals surface area contributed by atoms with Gasteiger partial charge in [0.05, 0.1) is 0 Å². The number of hydrogen-bond acceptors (Lipinski definition) is 4. The molecule has 0 aromatic carbocycles. The Hall–Kier alpha value is -1.19. The summed E-state index contributed by atoms with van der Waals surface area (Å²) in [6.45, 7) is 4.44. The molecule has 0 saturated heterocycles. The van der Waals surface area contributed by atoms with Crippen molar-refractivity contribution < 1.29 is 0 Å². The second-order valence-electron chi connectivity index (χ2n) is 5.15. The lowest BCUT2D eigenvalue weighted by atomic mass is 10.1. The zero-order chi connectivity index (χ0) is 13.9. The number of aryl methyl sites for hydroxylation is 2. The molecule has 1 aromatic heterocycles. The van der Waals surface area contributed by atoms with Crippen LogP contribution in [-0.2, 0) is 12.8 Å². The predicted octanol–water partition coefficient (Wildman–Crippen LogP) is 3.70. The van der Waals surface area contributed by atoms with E-state index in [9.17, 15) is 0 Å². The van der Waals surface area contributed by atoms with Crippen LogP contribution >= 0.6 is 0 Å². The minimum atomic E-state index is 0.381. The number of unbranched alkanes of at least 4 members (excludes halogenated alkanes) is 6. The van der Waals surface area contributed by atoms with Crippen LogP contribution in [0.5, 0.6) is 0 Å². The third-order valence-electron chi connectivity index (χ3n) is 3.25. The van der Waals surface area contributed by atoms with Gasteiger partial charge in [-0.05, 0) is 12.8 Å². The lowest BCUT2D eigenvalue weighted by Crippen LogP contribution is -2.07. The van der Waals surface area contributed by atoms with Gasteiger partial charge in [0.15, 0.2) is 0 Å². The molecular weight excluding hydrogens is 236 g/mol. The van der Waals surface area contributed by atoms with Crippen molar-refractivity contribution in [2.24, 2.45) is 0 Å². The number of anilines is 1. The van der Waals surface area contributed by atoms with Crippen molar-refractivity contribution in [3.05, 3.63) is 11.6 Å². The molecule has 2 N–H and O–H groups in total. The zero-order valence-corrected chi connectivity index (χ0v) is 12.5. The van der Waals surface area contributed by atoms with E-state index in [0.29, 0.717) is 5.95 Å². The van der Waals surface area contributed by atoms with Crippen molar-refractivity contribution >= 4 is 5.95 Å². The fourth-order valence-electron chi connectivity index (χ4n) is 2.13. The molecule has 0 radical (unpaired) electrons. The Morgan fingerprint density at radius 3 is 1.58 bits per heavy atom. The van der Waals surface area contributed by atoms with Gasteiger partial charge in [-0.2, -0.15) is 9.97 Å². The number of nitrogens with zero attached hydrogens (tertiary/aromatic N) is 3. The van der Waals surface area contributed by atoms with Gasteiger partial charge in [0.1, 0.15) is 11.6 Å². The summed E-state index contributed by atoms with van der Waals surface area (Å²) in [6, 6.07) is 0. The highest BCUT2D eigenvalue weighted by Crippen LogP contribution is 2.08. The molecular formula is C15H28N4. The second-order valence-corrected chi connectivity index (χ2v) is 5.15. The summed E-state index contributed by atoms with van der Waals surface area (Å²) >= 11 is 0. The quantitative estimate of drug-likeness (QED) is 0.654. The first-order valence-electron chi connectivity index (χ1n) is 7.75. The lowest BCUT2D eigenvalue weighted by Gasteiger charge is -2.05. The number of nitrogen functional groups attached to an aromatic ring is 1. The molecule has 0 saturated carbocycles. The van der Waals surface area contributed by atoms with Crippen LogP contribution in [-0.4, -0.2) is 15.0 Å². The number of nitrogens with two attached hydrogens (primary N) is 1. The highest BCUT2D eigenvalue weighted by molar-refractivity contribution is 5.16. The van der Waals surface area contributed by atoms with Crippen molar-refractivity contribution in [3.8, 4) is 0 Å². The van der Waals surface area contributed by atoms with Crippen LogP contribution in [0.4, 0.5) is 5.95 Å². The van der Waals surface area contributed by atoms with Crippen LogP contribution in [0.1, 0.15) is 76.9 Å². The van der Waals surface area contributed by atoms with Crippen molar-refractivity contribution in [2.45, 2.75) is 78.1 Å². The van der Waals surface area contributed by atoms with Gasteiger partial charge >= 0.3 is 0 Å². The third-order valence-corrected chi connectivity index (χ3v) is 3.25. The van der Waals surface area contributed by atoms with E-state index in [4.69, 9.17) is 5.73 Å². The summed E-state index contributed by atoms with van der Waals surface area (Å²) in [5, 5.41) is 0. The Kier molecular flexibility index (Phi) is 8.10. The van der Waals surface area contributed by atoms with E-state index in [1.807, 2.05) is 0 Å². The molecule has 0 aliphatic heterocycles. The fourth-order valence-corrected chi connectivity index (χ4v) is 2.13. The molecule has 1 heterocycles. The SMILES string of the molecule is CCCCCCc1nc(N)nc(CCCCCC)n1. The molecule has 1 aromatic rings. The van der Waals surface area contributed by atoms with E-state index in [1.165, 1.54) is 38.5 Å². The van der Waals surface area contributed by atoms with Gasteiger partial charge in [-0.25, -0.2) is 4.98 Å². The molecule has 0 amide bonds. The summed E-state index contributed by atoms with van der Waals surface area (Å²) in [7, 11) is 0. The van der Waals surface area contributed by atoms with Crippen molar-refractivity contribution in [2.75, 3.05) is 5.73 Å². The van der Waals surface area contributed by atoms with E-state index >= 15 is 0 Å². The Labute approximate surface area is 117 Å². The minimum Gasteiger partial charge on any atom is -0.368 e. The minimum absolute atomic E-state index is 0.381. The van der Waals surface area contributed by atoms with Gasteiger partial charge in [0, 0.05) is 12.8 Å². The van der Waals surface area contributed by atoms with Crippen molar-refractivity contribution in [3.63, 3.8) is 0 Å². The number of rotatable bonds is 10. The number of aromatic nitrogens is 3. The van der Waals surface area contributed by atoms with Crippen LogP contribution in [0.25, 0.3) is 0 Å². The largest absolute Gasteiger partial charge is 0.368 e. The molecule has 1 rings (SSSR count). The zero-order valence-electron chi connectivity index (χ0n) is 12.5. The van der Waals surface area contributed by atoms with Gasteiger partial charge < -0.3 is 5.73 Å². The van der Waals surface area contributed by atoms with Gasteiger partial charge in [-0.1, -0.05) is 52.4 Å². The third kappa shape index (κ3) is 7.09.